The lowest BCUT2D eigenvalue weighted by molar-refractivity contribution is 0.0660. The van der Waals surface area contributed by atoms with E-state index in [0.29, 0.717) is 12.4 Å². The third-order valence-electron chi connectivity index (χ3n) is 4.25. The van der Waals surface area contributed by atoms with Crippen LogP contribution in [0.3, 0.4) is 0 Å². The lowest BCUT2D eigenvalue weighted by Crippen LogP contribution is -2.00. The smallest absolute Gasteiger partial charge is 0.371 e. The Morgan fingerprint density at radius 2 is 1.96 bits per heavy atom. The minimum Gasteiger partial charge on any atom is -0.493 e. The summed E-state index contributed by atoms with van der Waals surface area (Å²) in [7, 11) is 0. The fourth-order valence-electron chi connectivity index (χ4n) is 2.95. The van der Waals surface area contributed by atoms with Crippen molar-refractivity contribution < 1.29 is 19.1 Å². The topological polar surface area (TPSA) is 59.7 Å². The predicted octanol–water partition coefficient (Wildman–Crippen LogP) is 5.38. The van der Waals surface area contributed by atoms with E-state index >= 15 is 0 Å². The van der Waals surface area contributed by atoms with Gasteiger partial charge in [0.05, 0.1) is 5.76 Å². The number of carbonyl (C=O) groups is 1. The Morgan fingerprint density at radius 1 is 1.20 bits per heavy atom. The van der Waals surface area contributed by atoms with Gasteiger partial charge < -0.3 is 14.3 Å². The summed E-state index contributed by atoms with van der Waals surface area (Å²) in [5, 5.41) is 9.11. The molecule has 0 fully saturated rings. The molecule has 0 amide bonds. The van der Waals surface area contributed by atoms with Gasteiger partial charge in [-0.3, -0.25) is 0 Å². The fraction of sp³-hybridized carbons (Fsp3) is 0.286. The van der Waals surface area contributed by atoms with Crippen LogP contribution in [0.2, 0.25) is 0 Å². The summed E-state index contributed by atoms with van der Waals surface area (Å²) in [5.74, 6) is 0.602. The SMILES string of the molecule is CC(C)c1oc(C(=O)O)cc1COC1=CC=C(c2ccccc2)CC1. The number of hydrogen-bond acceptors (Lipinski definition) is 3. The molecule has 4 nitrogen and oxygen atoms in total. The van der Waals surface area contributed by atoms with E-state index in [0.717, 1.165) is 24.2 Å². The fourth-order valence-corrected chi connectivity index (χ4v) is 2.95. The van der Waals surface area contributed by atoms with Gasteiger partial charge in [-0.15, -0.1) is 0 Å². The van der Waals surface area contributed by atoms with Crippen LogP contribution >= 0.6 is 0 Å². The number of aromatic carboxylic acids is 1. The molecule has 130 valence electrons. The van der Waals surface area contributed by atoms with Crippen molar-refractivity contribution in [3.05, 3.63) is 77.0 Å². The van der Waals surface area contributed by atoms with E-state index in [4.69, 9.17) is 14.3 Å². The molecule has 0 aliphatic heterocycles. The van der Waals surface area contributed by atoms with Gasteiger partial charge in [-0.05, 0) is 29.7 Å². The summed E-state index contributed by atoms with van der Waals surface area (Å²) >= 11 is 0. The second-order valence-electron chi connectivity index (χ2n) is 6.44. The summed E-state index contributed by atoms with van der Waals surface area (Å²) in [6, 6.07) is 11.9. The van der Waals surface area contributed by atoms with Crippen LogP contribution in [0.25, 0.3) is 5.57 Å². The van der Waals surface area contributed by atoms with Gasteiger partial charge in [0.25, 0.3) is 0 Å². The standard InChI is InChI=1S/C21H22O4/c1-14(2)20-17(12-19(25-20)21(22)23)13-24-18-10-8-16(9-11-18)15-6-4-3-5-7-15/h3-8,10,12,14H,9,11,13H2,1-2H3,(H,22,23). The van der Waals surface area contributed by atoms with Crippen LogP contribution in [0.5, 0.6) is 0 Å². The van der Waals surface area contributed by atoms with Crippen molar-refractivity contribution in [1.82, 2.24) is 0 Å². The normalized spacial score (nSPS) is 14.2. The van der Waals surface area contributed by atoms with Crippen molar-refractivity contribution in [3.63, 3.8) is 0 Å². The second-order valence-corrected chi connectivity index (χ2v) is 6.44. The predicted molar refractivity (Wildman–Crippen MR) is 96.3 cm³/mol. The van der Waals surface area contributed by atoms with E-state index in [1.54, 1.807) is 6.07 Å². The maximum Gasteiger partial charge on any atom is 0.371 e. The largest absolute Gasteiger partial charge is 0.493 e. The summed E-state index contributed by atoms with van der Waals surface area (Å²) in [5.41, 5.74) is 3.33. The zero-order valence-electron chi connectivity index (χ0n) is 14.5. The molecular formula is C21H22O4. The third-order valence-corrected chi connectivity index (χ3v) is 4.25. The van der Waals surface area contributed by atoms with Gasteiger partial charge in [-0.25, -0.2) is 4.79 Å². The van der Waals surface area contributed by atoms with Gasteiger partial charge in [0.2, 0.25) is 5.76 Å². The monoisotopic (exact) mass is 338 g/mol. The van der Waals surface area contributed by atoms with Gasteiger partial charge in [-0.1, -0.05) is 50.3 Å². The van der Waals surface area contributed by atoms with E-state index in [9.17, 15) is 4.79 Å². The minimum atomic E-state index is -1.06. The summed E-state index contributed by atoms with van der Waals surface area (Å²) in [6.07, 6.45) is 5.86. The number of hydrogen-bond donors (Lipinski definition) is 1. The number of ether oxygens (including phenoxy) is 1. The number of carboxylic acids is 1. The van der Waals surface area contributed by atoms with E-state index in [1.165, 1.54) is 11.1 Å². The van der Waals surface area contributed by atoms with Crippen LogP contribution < -0.4 is 0 Å². The molecule has 1 aliphatic rings. The molecule has 1 aliphatic carbocycles. The zero-order chi connectivity index (χ0) is 17.8. The highest BCUT2D eigenvalue weighted by Crippen LogP contribution is 2.29. The van der Waals surface area contributed by atoms with Gasteiger partial charge in [0.1, 0.15) is 12.4 Å². The average molecular weight is 338 g/mol. The Bertz CT molecular complexity index is 810. The molecule has 0 radical (unpaired) electrons. The molecule has 0 saturated heterocycles. The number of benzene rings is 1. The van der Waals surface area contributed by atoms with Crippen molar-refractivity contribution in [2.24, 2.45) is 0 Å². The van der Waals surface area contributed by atoms with Crippen molar-refractivity contribution in [2.75, 3.05) is 0 Å². The van der Waals surface area contributed by atoms with Crippen molar-refractivity contribution in [1.29, 1.82) is 0 Å². The molecule has 0 saturated carbocycles. The molecule has 0 spiro atoms. The molecule has 25 heavy (non-hydrogen) atoms. The molecule has 1 aromatic carbocycles. The number of rotatable bonds is 6. The van der Waals surface area contributed by atoms with Crippen molar-refractivity contribution >= 4 is 11.5 Å². The second kappa shape index (κ2) is 7.43. The molecular weight excluding hydrogens is 316 g/mol. The van der Waals surface area contributed by atoms with Gasteiger partial charge in [0.15, 0.2) is 0 Å². The Labute approximate surface area is 147 Å². The van der Waals surface area contributed by atoms with Crippen LogP contribution in [0, 0.1) is 0 Å². The number of furan rings is 1. The van der Waals surface area contributed by atoms with Gasteiger partial charge in [0, 0.05) is 17.9 Å². The first-order valence-electron chi connectivity index (χ1n) is 8.48. The van der Waals surface area contributed by atoms with Crippen LogP contribution in [0.1, 0.15) is 60.0 Å². The zero-order valence-corrected chi connectivity index (χ0v) is 14.5. The van der Waals surface area contributed by atoms with Gasteiger partial charge >= 0.3 is 5.97 Å². The molecule has 0 bridgehead atoms. The van der Waals surface area contributed by atoms with E-state index < -0.39 is 5.97 Å². The maximum atomic E-state index is 11.1. The molecule has 1 aromatic heterocycles. The van der Waals surface area contributed by atoms with Crippen molar-refractivity contribution in [2.45, 2.75) is 39.2 Å². The molecule has 4 heteroatoms. The van der Waals surface area contributed by atoms with E-state index in [2.05, 4.69) is 18.2 Å². The van der Waals surface area contributed by atoms with Crippen molar-refractivity contribution in [3.8, 4) is 0 Å². The third kappa shape index (κ3) is 4.02. The minimum absolute atomic E-state index is 0.0359. The molecule has 1 heterocycles. The first-order valence-corrected chi connectivity index (χ1v) is 8.48. The van der Waals surface area contributed by atoms with Crippen LogP contribution in [-0.2, 0) is 11.3 Å². The maximum absolute atomic E-state index is 11.1. The number of allylic oxidation sites excluding steroid dienone is 4. The molecule has 3 rings (SSSR count). The Kier molecular flexibility index (Phi) is 5.08. The van der Waals surface area contributed by atoms with Gasteiger partial charge in [-0.2, -0.15) is 0 Å². The molecule has 2 aromatic rings. The average Bonchev–Trinajstić information content (AvgIpc) is 3.06. The summed E-state index contributed by atoms with van der Waals surface area (Å²) < 4.78 is 11.3. The molecule has 1 N–H and O–H groups in total. The first-order chi connectivity index (χ1) is 12.0. The Hall–Kier alpha value is -2.75. The quantitative estimate of drug-likeness (QED) is 0.768. The van der Waals surface area contributed by atoms with Crippen LogP contribution in [0.4, 0.5) is 0 Å². The Morgan fingerprint density at radius 3 is 2.56 bits per heavy atom. The summed E-state index contributed by atoms with van der Waals surface area (Å²) in [4.78, 5) is 11.1. The lowest BCUT2D eigenvalue weighted by Gasteiger charge is -2.16. The van der Waals surface area contributed by atoms with E-state index in [-0.39, 0.29) is 11.7 Å². The highest BCUT2D eigenvalue weighted by atomic mass is 16.5. The van der Waals surface area contributed by atoms with Crippen LogP contribution in [-0.4, -0.2) is 11.1 Å². The van der Waals surface area contributed by atoms with E-state index in [1.807, 2.05) is 38.1 Å². The highest BCUT2D eigenvalue weighted by Gasteiger charge is 2.19. The first kappa shape index (κ1) is 17.1. The van der Waals surface area contributed by atoms with Crippen LogP contribution in [0.15, 0.2) is 58.7 Å². The summed E-state index contributed by atoms with van der Waals surface area (Å²) in [6.45, 7) is 4.27. The molecule has 0 atom stereocenters. The lowest BCUT2D eigenvalue weighted by atomic mass is 9.97. The highest BCUT2D eigenvalue weighted by molar-refractivity contribution is 5.84. The molecule has 0 unspecified atom stereocenters. The number of carboxylic acid groups (broad SMARTS) is 1. The Balaban J connectivity index is 1.69.